The van der Waals surface area contributed by atoms with Crippen LogP contribution in [-0.4, -0.2) is 4.98 Å². The SMILES string of the molecule is NC(Cc1ccc(Cl)cc1Cl)c1cnc2ccccc2c1. The summed E-state index contributed by atoms with van der Waals surface area (Å²) in [5, 5.41) is 2.36. The molecule has 1 aromatic heterocycles. The molecule has 3 aromatic rings. The lowest BCUT2D eigenvalue weighted by atomic mass is 10.00. The zero-order valence-corrected chi connectivity index (χ0v) is 12.8. The van der Waals surface area contributed by atoms with E-state index in [0.29, 0.717) is 16.5 Å². The summed E-state index contributed by atoms with van der Waals surface area (Å²) in [5.74, 6) is 0. The number of para-hydroxylation sites is 1. The number of nitrogens with zero attached hydrogens (tertiary/aromatic N) is 1. The first kappa shape index (κ1) is 14.3. The number of rotatable bonds is 3. The van der Waals surface area contributed by atoms with E-state index in [0.717, 1.165) is 22.0 Å². The largest absolute Gasteiger partial charge is 0.324 e. The van der Waals surface area contributed by atoms with Gasteiger partial charge in [0.2, 0.25) is 0 Å². The highest BCUT2D eigenvalue weighted by Crippen LogP contribution is 2.26. The molecular weight excluding hydrogens is 303 g/mol. The minimum absolute atomic E-state index is 0.152. The second kappa shape index (κ2) is 6.02. The number of hydrogen-bond donors (Lipinski definition) is 1. The molecule has 21 heavy (non-hydrogen) atoms. The average Bonchev–Trinajstić information content (AvgIpc) is 2.49. The minimum Gasteiger partial charge on any atom is -0.324 e. The van der Waals surface area contributed by atoms with Crippen molar-refractivity contribution >= 4 is 34.1 Å². The Kier molecular flexibility index (Phi) is 4.11. The number of aromatic nitrogens is 1. The summed E-state index contributed by atoms with van der Waals surface area (Å²) in [7, 11) is 0. The van der Waals surface area contributed by atoms with Crippen molar-refractivity contribution in [2.24, 2.45) is 5.73 Å². The van der Waals surface area contributed by atoms with E-state index in [1.54, 1.807) is 6.07 Å². The van der Waals surface area contributed by atoms with Gasteiger partial charge in [0.15, 0.2) is 0 Å². The second-order valence-corrected chi connectivity index (χ2v) is 5.85. The van der Waals surface area contributed by atoms with Gasteiger partial charge in [-0.1, -0.05) is 47.5 Å². The molecule has 0 aliphatic carbocycles. The van der Waals surface area contributed by atoms with Crippen LogP contribution in [0.15, 0.2) is 54.7 Å². The smallest absolute Gasteiger partial charge is 0.0702 e. The van der Waals surface area contributed by atoms with Crippen LogP contribution in [0.25, 0.3) is 10.9 Å². The molecule has 1 unspecified atom stereocenters. The Morgan fingerprint density at radius 3 is 2.67 bits per heavy atom. The Balaban J connectivity index is 1.87. The van der Waals surface area contributed by atoms with E-state index < -0.39 is 0 Å². The maximum absolute atomic E-state index is 6.29. The minimum atomic E-state index is -0.152. The van der Waals surface area contributed by atoms with Crippen LogP contribution in [0.4, 0.5) is 0 Å². The number of benzene rings is 2. The fourth-order valence-corrected chi connectivity index (χ4v) is 2.82. The molecule has 2 N–H and O–H groups in total. The quantitative estimate of drug-likeness (QED) is 0.755. The first-order valence-corrected chi connectivity index (χ1v) is 7.43. The van der Waals surface area contributed by atoms with Crippen LogP contribution in [0, 0.1) is 0 Å². The van der Waals surface area contributed by atoms with Gasteiger partial charge in [-0.2, -0.15) is 0 Å². The van der Waals surface area contributed by atoms with Gasteiger partial charge in [-0.05, 0) is 41.8 Å². The normalized spacial score (nSPS) is 12.5. The molecule has 1 atom stereocenters. The summed E-state index contributed by atoms with van der Waals surface area (Å²) in [6.07, 6.45) is 2.48. The van der Waals surface area contributed by atoms with Gasteiger partial charge in [0.05, 0.1) is 5.52 Å². The van der Waals surface area contributed by atoms with Crippen molar-refractivity contribution in [3.05, 3.63) is 75.9 Å². The predicted octanol–water partition coefficient (Wildman–Crippen LogP) is 4.78. The van der Waals surface area contributed by atoms with Gasteiger partial charge in [-0.15, -0.1) is 0 Å². The van der Waals surface area contributed by atoms with E-state index in [-0.39, 0.29) is 6.04 Å². The van der Waals surface area contributed by atoms with E-state index in [2.05, 4.69) is 11.1 Å². The number of halogens is 2. The monoisotopic (exact) mass is 316 g/mol. The van der Waals surface area contributed by atoms with Crippen molar-refractivity contribution < 1.29 is 0 Å². The number of pyridine rings is 1. The summed E-state index contributed by atoms with van der Waals surface area (Å²) in [4.78, 5) is 4.45. The maximum atomic E-state index is 6.29. The van der Waals surface area contributed by atoms with Crippen LogP contribution < -0.4 is 5.73 Å². The topological polar surface area (TPSA) is 38.9 Å². The maximum Gasteiger partial charge on any atom is 0.0702 e. The van der Waals surface area contributed by atoms with Crippen LogP contribution in [0.1, 0.15) is 17.2 Å². The van der Waals surface area contributed by atoms with E-state index in [1.165, 1.54) is 0 Å². The molecule has 3 rings (SSSR count). The number of fused-ring (bicyclic) bond motifs is 1. The summed E-state index contributed by atoms with van der Waals surface area (Å²) in [6.45, 7) is 0. The third-order valence-corrected chi connectivity index (χ3v) is 4.08. The second-order valence-electron chi connectivity index (χ2n) is 5.01. The molecule has 0 amide bonds. The molecule has 4 heteroatoms. The van der Waals surface area contributed by atoms with Crippen molar-refractivity contribution in [2.45, 2.75) is 12.5 Å². The van der Waals surface area contributed by atoms with Crippen LogP contribution in [-0.2, 0) is 6.42 Å². The Bertz CT molecular complexity index is 787. The highest BCUT2D eigenvalue weighted by Gasteiger charge is 2.11. The summed E-state index contributed by atoms with van der Waals surface area (Å²) in [6, 6.07) is 15.4. The van der Waals surface area contributed by atoms with Gasteiger partial charge in [-0.25, -0.2) is 0 Å². The van der Waals surface area contributed by atoms with Crippen molar-refractivity contribution in [3.8, 4) is 0 Å². The van der Waals surface area contributed by atoms with E-state index in [1.807, 2.05) is 42.6 Å². The average molecular weight is 317 g/mol. The van der Waals surface area contributed by atoms with Gasteiger partial charge < -0.3 is 5.73 Å². The standard InChI is InChI=1S/C17H14Cl2N2/c18-14-6-5-11(15(19)9-14)8-16(20)13-7-12-3-1-2-4-17(12)21-10-13/h1-7,9-10,16H,8,20H2. The first-order chi connectivity index (χ1) is 10.1. The summed E-state index contributed by atoms with van der Waals surface area (Å²) in [5.41, 5.74) is 9.25. The van der Waals surface area contributed by atoms with Gasteiger partial charge in [0, 0.05) is 27.7 Å². The lowest BCUT2D eigenvalue weighted by Crippen LogP contribution is -2.14. The third-order valence-electron chi connectivity index (χ3n) is 3.49. The molecule has 0 fully saturated rings. The van der Waals surface area contributed by atoms with Crippen LogP contribution in [0.2, 0.25) is 10.0 Å². The Labute approximate surface area is 133 Å². The predicted molar refractivity (Wildman–Crippen MR) is 88.8 cm³/mol. The molecule has 0 bridgehead atoms. The first-order valence-electron chi connectivity index (χ1n) is 6.67. The molecular formula is C17H14Cl2N2. The highest BCUT2D eigenvalue weighted by molar-refractivity contribution is 6.35. The molecule has 106 valence electrons. The van der Waals surface area contributed by atoms with E-state index in [4.69, 9.17) is 28.9 Å². The van der Waals surface area contributed by atoms with Crippen molar-refractivity contribution in [1.29, 1.82) is 0 Å². The fourth-order valence-electron chi connectivity index (χ4n) is 2.33. The van der Waals surface area contributed by atoms with Crippen molar-refractivity contribution in [2.75, 3.05) is 0 Å². The van der Waals surface area contributed by atoms with E-state index in [9.17, 15) is 0 Å². The van der Waals surface area contributed by atoms with Crippen LogP contribution in [0.3, 0.4) is 0 Å². The van der Waals surface area contributed by atoms with Gasteiger partial charge in [0.1, 0.15) is 0 Å². The summed E-state index contributed by atoms with van der Waals surface area (Å²) < 4.78 is 0. The van der Waals surface area contributed by atoms with Crippen LogP contribution >= 0.6 is 23.2 Å². The lowest BCUT2D eigenvalue weighted by Gasteiger charge is -2.14. The van der Waals surface area contributed by atoms with Gasteiger partial charge >= 0.3 is 0 Å². The molecule has 1 heterocycles. The Morgan fingerprint density at radius 2 is 1.86 bits per heavy atom. The molecule has 2 nitrogen and oxygen atoms in total. The summed E-state index contributed by atoms with van der Waals surface area (Å²) >= 11 is 12.1. The Hall–Kier alpha value is -1.61. The molecule has 2 aromatic carbocycles. The van der Waals surface area contributed by atoms with Crippen molar-refractivity contribution in [3.63, 3.8) is 0 Å². The zero-order valence-electron chi connectivity index (χ0n) is 11.3. The lowest BCUT2D eigenvalue weighted by molar-refractivity contribution is 0.720. The molecule has 0 spiro atoms. The molecule has 0 radical (unpaired) electrons. The van der Waals surface area contributed by atoms with Crippen LogP contribution in [0.5, 0.6) is 0 Å². The van der Waals surface area contributed by atoms with Crippen molar-refractivity contribution in [1.82, 2.24) is 4.98 Å². The molecule has 0 saturated heterocycles. The van der Waals surface area contributed by atoms with Gasteiger partial charge in [0.25, 0.3) is 0 Å². The van der Waals surface area contributed by atoms with E-state index >= 15 is 0 Å². The number of nitrogens with two attached hydrogens (primary N) is 1. The highest BCUT2D eigenvalue weighted by atomic mass is 35.5. The fraction of sp³-hybridized carbons (Fsp3) is 0.118. The third kappa shape index (κ3) is 3.18. The zero-order chi connectivity index (χ0) is 14.8. The molecule has 0 saturated carbocycles. The van der Waals surface area contributed by atoms with Gasteiger partial charge in [-0.3, -0.25) is 4.98 Å². The molecule has 0 aliphatic heterocycles. The number of hydrogen-bond acceptors (Lipinski definition) is 2. The molecule has 0 aliphatic rings. The Morgan fingerprint density at radius 1 is 1.05 bits per heavy atom.